The predicted octanol–water partition coefficient (Wildman–Crippen LogP) is 4.72. The molecular weight excluding hydrogens is 369 g/mol. The smallest absolute Gasteiger partial charge is 0.341 e. The van der Waals surface area contributed by atoms with Crippen molar-refractivity contribution < 1.29 is 14.3 Å². The highest BCUT2D eigenvalue weighted by atomic mass is 35.5. The lowest BCUT2D eigenvalue weighted by Gasteiger charge is -2.13. The van der Waals surface area contributed by atoms with Gasteiger partial charge in [0.15, 0.2) is 0 Å². The van der Waals surface area contributed by atoms with E-state index >= 15 is 0 Å². The Morgan fingerprint density at radius 3 is 2.54 bits per heavy atom. The van der Waals surface area contributed by atoms with Crippen LogP contribution in [-0.2, 0) is 22.4 Å². The first-order valence-electron chi connectivity index (χ1n) is 8.31. The molecule has 1 fully saturated rings. The van der Waals surface area contributed by atoms with Gasteiger partial charge in [0, 0.05) is 4.88 Å². The number of carbonyl (C=O) groups is 2. The van der Waals surface area contributed by atoms with Crippen LogP contribution in [0, 0.1) is 5.41 Å². The van der Waals surface area contributed by atoms with Crippen molar-refractivity contribution in [2.45, 2.75) is 56.7 Å². The highest BCUT2D eigenvalue weighted by molar-refractivity contribution is 7.17. The monoisotopic (exact) mass is 389 g/mol. The van der Waals surface area contributed by atoms with E-state index in [2.05, 4.69) is 5.32 Å². The number of fused-ring (bicyclic) bond motifs is 1. The molecule has 2 aliphatic carbocycles. The van der Waals surface area contributed by atoms with Crippen LogP contribution in [0.3, 0.4) is 0 Å². The standard InChI is InChI=1S/C17H21Cl2NO3S/c1-3-23-14(21)12-10-7-5-4-6-8-11(10)24-13(12)20-15(22)16(2)9-17(16,18)19/h3-9H2,1-2H3,(H,20,22)/t16-/m1/s1. The van der Waals surface area contributed by atoms with Crippen LogP contribution in [0.2, 0.25) is 0 Å². The molecule has 1 aromatic heterocycles. The highest BCUT2D eigenvalue weighted by Crippen LogP contribution is 2.64. The molecule has 2 aliphatic rings. The number of rotatable bonds is 4. The van der Waals surface area contributed by atoms with E-state index in [4.69, 9.17) is 27.9 Å². The minimum atomic E-state index is -1.03. The largest absolute Gasteiger partial charge is 0.462 e. The second-order valence-corrected chi connectivity index (χ2v) is 9.25. The third-order valence-corrected chi connectivity index (χ3v) is 7.20. The number of thiophene rings is 1. The first-order chi connectivity index (χ1) is 11.3. The molecule has 24 heavy (non-hydrogen) atoms. The summed E-state index contributed by atoms with van der Waals surface area (Å²) in [5, 5.41) is 3.47. The Labute approximate surface area is 155 Å². The Hall–Kier alpha value is -0.780. The van der Waals surface area contributed by atoms with E-state index in [1.54, 1.807) is 13.8 Å². The Balaban J connectivity index is 1.92. The average molecular weight is 390 g/mol. The van der Waals surface area contributed by atoms with E-state index in [0.717, 1.165) is 37.7 Å². The van der Waals surface area contributed by atoms with E-state index in [1.807, 2.05) is 0 Å². The van der Waals surface area contributed by atoms with E-state index in [0.29, 0.717) is 23.6 Å². The lowest BCUT2D eigenvalue weighted by Crippen LogP contribution is -2.26. The van der Waals surface area contributed by atoms with Crippen LogP contribution in [-0.4, -0.2) is 22.8 Å². The molecule has 1 aromatic rings. The zero-order valence-electron chi connectivity index (χ0n) is 13.8. The molecule has 1 atom stereocenters. The fraction of sp³-hybridized carbons (Fsp3) is 0.647. The lowest BCUT2D eigenvalue weighted by atomic mass is 10.0. The molecule has 3 rings (SSSR count). The van der Waals surface area contributed by atoms with E-state index in [1.165, 1.54) is 16.2 Å². The summed E-state index contributed by atoms with van der Waals surface area (Å²) >= 11 is 13.7. The molecule has 0 unspecified atom stereocenters. The number of amides is 1. The van der Waals surface area contributed by atoms with Crippen LogP contribution in [0.4, 0.5) is 5.00 Å². The third-order valence-electron chi connectivity index (χ3n) is 4.89. The summed E-state index contributed by atoms with van der Waals surface area (Å²) in [6.07, 6.45) is 5.51. The van der Waals surface area contributed by atoms with Crippen molar-refractivity contribution in [3.05, 3.63) is 16.0 Å². The summed E-state index contributed by atoms with van der Waals surface area (Å²) in [6, 6.07) is 0. The summed E-state index contributed by atoms with van der Waals surface area (Å²) in [5.41, 5.74) is 0.741. The molecule has 0 saturated heterocycles. The zero-order valence-corrected chi connectivity index (χ0v) is 16.2. The number of ether oxygens (including phenoxy) is 1. The number of hydrogen-bond donors (Lipinski definition) is 1. The van der Waals surface area contributed by atoms with Crippen LogP contribution in [0.1, 0.15) is 60.3 Å². The number of nitrogens with one attached hydrogen (secondary N) is 1. The summed E-state index contributed by atoms with van der Waals surface area (Å²) < 4.78 is 4.19. The molecule has 0 radical (unpaired) electrons. The second kappa shape index (κ2) is 6.50. The summed E-state index contributed by atoms with van der Waals surface area (Å²) in [4.78, 5) is 26.2. The van der Waals surface area contributed by atoms with Crippen LogP contribution >= 0.6 is 34.5 Å². The number of carbonyl (C=O) groups excluding carboxylic acids is 2. The Morgan fingerprint density at radius 1 is 1.25 bits per heavy atom. The fourth-order valence-electron chi connectivity index (χ4n) is 3.14. The van der Waals surface area contributed by atoms with E-state index in [-0.39, 0.29) is 11.9 Å². The molecule has 1 heterocycles. The molecule has 7 heteroatoms. The number of esters is 1. The molecule has 4 nitrogen and oxygen atoms in total. The van der Waals surface area contributed by atoms with Gasteiger partial charge in [-0.25, -0.2) is 4.79 Å². The first kappa shape index (κ1) is 18.0. The van der Waals surface area contributed by atoms with Crippen molar-refractivity contribution >= 4 is 51.4 Å². The van der Waals surface area contributed by atoms with Crippen molar-refractivity contribution in [2.75, 3.05) is 11.9 Å². The molecule has 0 aromatic carbocycles. The summed E-state index contributed by atoms with van der Waals surface area (Å²) in [6.45, 7) is 3.83. The quantitative estimate of drug-likeness (QED) is 0.460. The van der Waals surface area contributed by atoms with Gasteiger partial charge in [-0.15, -0.1) is 34.5 Å². The maximum atomic E-state index is 12.6. The van der Waals surface area contributed by atoms with E-state index in [9.17, 15) is 9.59 Å². The Morgan fingerprint density at radius 2 is 1.92 bits per heavy atom. The van der Waals surface area contributed by atoms with Crippen LogP contribution < -0.4 is 5.32 Å². The minimum absolute atomic E-state index is 0.241. The van der Waals surface area contributed by atoms with Gasteiger partial charge >= 0.3 is 5.97 Å². The topological polar surface area (TPSA) is 55.4 Å². The van der Waals surface area contributed by atoms with Gasteiger partial charge in [-0.05, 0) is 51.5 Å². The van der Waals surface area contributed by atoms with Gasteiger partial charge in [-0.1, -0.05) is 6.42 Å². The molecule has 1 amide bonds. The Kier molecular flexibility index (Phi) is 4.89. The third kappa shape index (κ3) is 3.06. The van der Waals surface area contributed by atoms with Gasteiger partial charge in [0.1, 0.15) is 9.33 Å². The van der Waals surface area contributed by atoms with Crippen molar-refractivity contribution in [1.82, 2.24) is 0 Å². The maximum Gasteiger partial charge on any atom is 0.341 e. The summed E-state index contributed by atoms with van der Waals surface area (Å²) in [5.74, 6) is -0.606. The van der Waals surface area contributed by atoms with Gasteiger partial charge in [0.05, 0.1) is 17.6 Å². The van der Waals surface area contributed by atoms with Crippen molar-refractivity contribution in [3.8, 4) is 0 Å². The van der Waals surface area contributed by atoms with Crippen LogP contribution in [0.25, 0.3) is 0 Å². The number of aryl methyl sites for hydroxylation is 1. The minimum Gasteiger partial charge on any atom is -0.462 e. The van der Waals surface area contributed by atoms with Crippen molar-refractivity contribution in [1.29, 1.82) is 0 Å². The SMILES string of the molecule is CCOC(=O)c1c(NC(=O)[C@@]2(C)CC2(Cl)Cl)sc2c1CCCCC2. The summed E-state index contributed by atoms with van der Waals surface area (Å²) in [7, 11) is 0. The van der Waals surface area contributed by atoms with Crippen LogP contribution in [0.5, 0.6) is 0 Å². The predicted molar refractivity (Wildman–Crippen MR) is 97.3 cm³/mol. The molecule has 0 bridgehead atoms. The lowest BCUT2D eigenvalue weighted by molar-refractivity contribution is -0.120. The van der Waals surface area contributed by atoms with Crippen molar-refractivity contribution in [2.24, 2.45) is 5.41 Å². The van der Waals surface area contributed by atoms with Gasteiger partial charge in [-0.2, -0.15) is 0 Å². The van der Waals surface area contributed by atoms with Crippen molar-refractivity contribution in [3.63, 3.8) is 0 Å². The zero-order chi connectivity index (χ0) is 17.5. The molecular formula is C17H21Cl2NO3S. The molecule has 1 N–H and O–H groups in total. The van der Waals surface area contributed by atoms with E-state index < -0.39 is 9.75 Å². The molecule has 0 aliphatic heterocycles. The normalized spacial score (nSPS) is 24.7. The Bertz CT molecular complexity index is 686. The maximum absolute atomic E-state index is 12.6. The molecule has 132 valence electrons. The highest BCUT2D eigenvalue weighted by Gasteiger charge is 2.68. The van der Waals surface area contributed by atoms with Gasteiger partial charge in [0.25, 0.3) is 0 Å². The van der Waals surface area contributed by atoms with Gasteiger partial charge in [-0.3, -0.25) is 4.79 Å². The number of anilines is 1. The number of alkyl halides is 2. The van der Waals surface area contributed by atoms with Gasteiger partial charge in [0.2, 0.25) is 5.91 Å². The first-order valence-corrected chi connectivity index (χ1v) is 9.88. The van der Waals surface area contributed by atoms with Gasteiger partial charge < -0.3 is 10.1 Å². The molecule has 0 spiro atoms. The fourth-order valence-corrected chi connectivity index (χ4v) is 5.12. The second-order valence-electron chi connectivity index (χ2n) is 6.66. The van der Waals surface area contributed by atoms with Crippen LogP contribution in [0.15, 0.2) is 0 Å². The number of hydrogen-bond acceptors (Lipinski definition) is 4. The average Bonchev–Trinajstić information content (AvgIpc) is 2.97. The molecule has 1 saturated carbocycles. The number of halogens is 2.